The van der Waals surface area contributed by atoms with E-state index in [2.05, 4.69) is 20.8 Å². The van der Waals surface area contributed by atoms with Crippen LogP contribution in [0, 0.1) is 45.2 Å². The van der Waals surface area contributed by atoms with Crippen molar-refractivity contribution in [1.82, 2.24) is 0 Å². The summed E-state index contributed by atoms with van der Waals surface area (Å²) in [5.74, 6) is 1.17. The average Bonchev–Trinajstić information content (AvgIpc) is 3.31. The second-order valence-corrected chi connectivity index (χ2v) is 12.7. The van der Waals surface area contributed by atoms with Crippen LogP contribution in [0.5, 0.6) is 0 Å². The molecule has 184 valence electrons. The van der Waals surface area contributed by atoms with E-state index in [1.807, 2.05) is 24.1 Å². The van der Waals surface area contributed by atoms with Crippen LogP contribution < -0.4 is 5.01 Å². The number of hydrogen-bond donors (Lipinski definition) is 0. The van der Waals surface area contributed by atoms with Gasteiger partial charge in [-0.1, -0.05) is 32.4 Å². The number of ether oxygens (including phenoxy) is 1. The van der Waals surface area contributed by atoms with Crippen molar-refractivity contribution in [2.75, 3.05) is 18.2 Å². The molecule has 1 aromatic rings. The summed E-state index contributed by atoms with van der Waals surface area (Å²) in [6.07, 6.45) is 9.05. The first-order chi connectivity index (χ1) is 16.2. The van der Waals surface area contributed by atoms with Crippen LogP contribution in [0.2, 0.25) is 0 Å². The van der Waals surface area contributed by atoms with Crippen molar-refractivity contribution in [2.24, 2.45) is 44.5 Å². The van der Waals surface area contributed by atoms with Gasteiger partial charge < -0.3 is 4.74 Å². The fourth-order valence-corrected chi connectivity index (χ4v) is 9.94. The third-order valence-electron chi connectivity index (χ3n) is 11.2. The number of carbonyl (C=O) groups is 1. The highest BCUT2D eigenvalue weighted by Crippen LogP contribution is 2.75. The number of para-hydroxylation sites is 1. The van der Waals surface area contributed by atoms with Gasteiger partial charge in [-0.05, 0) is 93.6 Å². The molecule has 2 bridgehead atoms. The molecule has 0 saturated heterocycles. The van der Waals surface area contributed by atoms with Gasteiger partial charge in [0.1, 0.15) is 5.82 Å². The van der Waals surface area contributed by atoms with Gasteiger partial charge in [0.15, 0.2) is 0 Å². The predicted molar refractivity (Wildman–Crippen MR) is 132 cm³/mol. The van der Waals surface area contributed by atoms with E-state index in [0.29, 0.717) is 30.0 Å². The van der Waals surface area contributed by atoms with Crippen LogP contribution in [-0.2, 0) is 9.53 Å². The Morgan fingerprint density at radius 2 is 1.88 bits per heavy atom. The molecule has 0 radical (unpaired) electrons. The van der Waals surface area contributed by atoms with E-state index in [0.717, 1.165) is 38.6 Å². The summed E-state index contributed by atoms with van der Waals surface area (Å²) in [6, 6.07) is 7.05. The zero-order valence-electron chi connectivity index (χ0n) is 21.2. The van der Waals surface area contributed by atoms with Gasteiger partial charge in [0.2, 0.25) is 0 Å². The summed E-state index contributed by atoms with van der Waals surface area (Å²) in [5, 5.41) is 7.08. The summed E-state index contributed by atoms with van der Waals surface area (Å²) >= 11 is 0. The summed E-state index contributed by atoms with van der Waals surface area (Å²) < 4.78 is 20.3. The van der Waals surface area contributed by atoms with Gasteiger partial charge in [-0.25, -0.2) is 4.39 Å². The zero-order chi connectivity index (χ0) is 23.9. The molecule has 4 fully saturated rings. The van der Waals surface area contributed by atoms with E-state index in [1.165, 1.54) is 31.0 Å². The maximum atomic E-state index is 14.7. The number of benzene rings is 1. The van der Waals surface area contributed by atoms with E-state index in [4.69, 9.17) is 9.84 Å². The van der Waals surface area contributed by atoms with Crippen molar-refractivity contribution in [1.29, 1.82) is 0 Å². The normalized spacial score (nSPS) is 44.7. The summed E-state index contributed by atoms with van der Waals surface area (Å²) in [7, 11) is 0. The van der Waals surface area contributed by atoms with Gasteiger partial charge in [0.25, 0.3) is 0 Å². The number of fused-ring (bicyclic) bond motifs is 5. The molecule has 5 heteroatoms. The number of esters is 1. The Morgan fingerprint density at radius 1 is 1.12 bits per heavy atom. The third kappa shape index (κ3) is 2.76. The Morgan fingerprint density at radius 3 is 2.65 bits per heavy atom. The lowest BCUT2D eigenvalue weighted by Crippen LogP contribution is -2.60. The Hall–Kier alpha value is -1.91. The average molecular weight is 467 g/mol. The highest BCUT2D eigenvalue weighted by atomic mass is 19.1. The molecule has 1 heterocycles. The van der Waals surface area contributed by atoms with Crippen LogP contribution in [0.25, 0.3) is 0 Å². The molecule has 34 heavy (non-hydrogen) atoms. The summed E-state index contributed by atoms with van der Waals surface area (Å²) in [6.45, 7) is 10.3. The maximum absolute atomic E-state index is 14.7. The van der Waals surface area contributed by atoms with Gasteiger partial charge in [0.05, 0.1) is 24.3 Å². The molecule has 5 aliphatic rings. The topological polar surface area (TPSA) is 41.9 Å². The molecule has 0 amide bonds. The van der Waals surface area contributed by atoms with Crippen LogP contribution in [0.4, 0.5) is 10.1 Å². The van der Waals surface area contributed by atoms with Crippen molar-refractivity contribution < 1.29 is 13.9 Å². The van der Waals surface area contributed by atoms with E-state index in [9.17, 15) is 9.18 Å². The molecule has 4 saturated carbocycles. The first-order valence-corrected chi connectivity index (χ1v) is 13.5. The molecule has 4 nitrogen and oxygen atoms in total. The number of carbonyl (C=O) groups excluding carboxylic acids is 1. The maximum Gasteiger partial charge on any atom is 0.312 e. The zero-order valence-corrected chi connectivity index (χ0v) is 21.2. The number of halogens is 1. The SMILES string of the molecule is CCOC(=O)[C@]1(C)CCC[C@@]2(C)[C@@H]3CC[C@@]4(C)C[C@]3(CC[C@@H]21)[C@@H]1CN(c2ccccc2F)N=C14. The monoisotopic (exact) mass is 466 g/mol. The Balaban J connectivity index is 1.38. The molecule has 7 atom stereocenters. The first kappa shape index (κ1) is 22.5. The molecule has 1 aliphatic heterocycles. The van der Waals surface area contributed by atoms with Crippen molar-refractivity contribution in [3.8, 4) is 0 Å². The minimum atomic E-state index is -0.379. The molecule has 0 unspecified atom stereocenters. The highest BCUT2D eigenvalue weighted by Gasteiger charge is 2.71. The van der Waals surface area contributed by atoms with Crippen molar-refractivity contribution in [3.05, 3.63) is 30.1 Å². The molecular formula is C29H39FN2O2. The first-order valence-electron chi connectivity index (χ1n) is 13.5. The minimum Gasteiger partial charge on any atom is -0.466 e. The van der Waals surface area contributed by atoms with Crippen molar-refractivity contribution in [3.63, 3.8) is 0 Å². The summed E-state index contributed by atoms with van der Waals surface area (Å²) in [4.78, 5) is 13.2. The quantitative estimate of drug-likeness (QED) is 0.472. The standard InChI is InChI=1S/C29H39FN2O2/c1-5-34-25(33)28(4)14-8-13-27(3)22(28)12-16-29-18-26(2,15-11-23(27)29)24-19(29)17-32(31-24)21-10-7-6-9-20(21)30/h6-7,9-10,19,22-23H,5,8,11-18H2,1-4H3/t19-,22+,23+,26+,27-,28-,29-/m1/s1. The molecule has 0 aromatic heterocycles. The number of rotatable bonds is 3. The van der Waals surface area contributed by atoms with Crippen LogP contribution in [0.15, 0.2) is 29.4 Å². The van der Waals surface area contributed by atoms with Crippen LogP contribution in [0.3, 0.4) is 0 Å². The lowest BCUT2D eigenvalue weighted by Gasteiger charge is -2.64. The van der Waals surface area contributed by atoms with E-state index in [1.54, 1.807) is 6.07 Å². The minimum absolute atomic E-state index is 0.0165. The van der Waals surface area contributed by atoms with E-state index >= 15 is 0 Å². The van der Waals surface area contributed by atoms with Gasteiger partial charge in [0, 0.05) is 17.0 Å². The smallest absolute Gasteiger partial charge is 0.312 e. The molecule has 4 aliphatic carbocycles. The fraction of sp³-hybridized carbons (Fsp3) is 0.724. The number of hydrazone groups is 1. The van der Waals surface area contributed by atoms with Crippen molar-refractivity contribution >= 4 is 17.4 Å². The molecule has 0 N–H and O–H groups in total. The number of anilines is 1. The molecule has 6 rings (SSSR count). The Labute approximate surface area is 203 Å². The van der Waals surface area contributed by atoms with Crippen LogP contribution in [-0.4, -0.2) is 24.8 Å². The highest BCUT2D eigenvalue weighted by molar-refractivity contribution is 5.98. The second-order valence-electron chi connectivity index (χ2n) is 12.7. The largest absolute Gasteiger partial charge is 0.466 e. The van der Waals surface area contributed by atoms with Gasteiger partial charge in [-0.2, -0.15) is 5.10 Å². The summed E-state index contributed by atoms with van der Waals surface area (Å²) in [5.41, 5.74) is 2.01. The lowest BCUT2D eigenvalue weighted by molar-refractivity contribution is -0.191. The number of hydrogen-bond acceptors (Lipinski definition) is 4. The Kier molecular flexibility index (Phi) is 4.84. The number of nitrogens with zero attached hydrogens (tertiary/aromatic N) is 2. The third-order valence-corrected chi connectivity index (χ3v) is 11.2. The second kappa shape index (κ2) is 7.30. The van der Waals surface area contributed by atoms with E-state index < -0.39 is 0 Å². The van der Waals surface area contributed by atoms with Gasteiger partial charge in [-0.3, -0.25) is 9.80 Å². The predicted octanol–water partition coefficient (Wildman–Crippen LogP) is 6.59. The van der Waals surface area contributed by atoms with Crippen molar-refractivity contribution in [2.45, 2.75) is 79.1 Å². The lowest BCUT2D eigenvalue weighted by atomic mass is 9.39. The molecular weight excluding hydrogens is 427 g/mol. The van der Waals surface area contributed by atoms with Gasteiger partial charge in [-0.15, -0.1) is 0 Å². The van der Waals surface area contributed by atoms with Crippen LogP contribution >= 0.6 is 0 Å². The van der Waals surface area contributed by atoms with E-state index in [-0.39, 0.29) is 33.4 Å². The van der Waals surface area contributed by atoms with Crippen LogP contribution in [0.1, 0.15) is 79.1 Å². The fourth-order valence-electron chi connectivity index (χ4n) is 9.94. The van der Waals surface area contributed by atoms with Gasteiger partial charge >= 0.3 is 5.97 Å². The molecule has 1 aromatic carbocycles. The Bertz CT molecular complexity index is 1060. The molecule has 1 spiro atoms.